The summed E-state index contributed by atoms with van der Waals surface area (Å²) in [6.45, 7) is 5.05. The second-order valence-electron chi connectivity index (χ2n) is 3.90. The Hall–Kier alpha value is -1.06. The molecule has 0 spiro atoms. The number of aromatic hydroxyl groups is 1. The monoisotopic (exact) mass is 209 g/mol. The third-order valence-electron chi connectivity index (χ3n) is 2.38. The average molecular weight is 209 g/mol. The Morgan fingerprint density at radius 2 is 2.13 bits per heavy atom. The number of aliphatic hydroxyl groups excluding tert-OH is 1. The molecular weight excluding hydrogens is 190 g/mol. The summed E-state index contributed by atoms with van der Waals surface area (Å²) in [7, 11) is 0. The molecule has 1 rings (SSSR count). The number of phenolic OH excluding ortho intramolecular Hbond substituents is 1. The summed E-state index contributed by atoms with van der Waals surface area (Å²) in [5.74, 6) is 0.363. The van der Waals surface area contributed by atoms with E-state index in [1.165, 1.54) is 0 Å². The molecule has 0 radical (unpaired) electrons. The number of benzene rings is 1. The Balaban J connectivity index is 2.41. The fraction of sp³-hybridized carbons (Fsp3) is 0.500. The molecule has 15 heavy (non-hydrogen) atoms. The second-order valence-corrected chi connectivity index (χ2v) is 3.90. The smallest absolute Gasteiger partial charge is 0.122 e. The van der Waals surface area contributed by atoms with Crippen LogP contribution in [0.2, 0.25) is 0 Å². The normalized spacial score (nSPS) is 12.7. The SMILES string of the molecule is Cc1cccc(CNCCC(C)O)c1O. The molecule has 0 aliphatic carbocycles. The molecule has 1 atom stereocenters. The van der Waals surface area contributed by atoms with Gasteiger partial charge in [-0.05, 0) is 32.4 Å². The van der Waals surface area contributed by atoms with Crippen LogP contribution in [0.3, 0.4) is 0 Å². The highest BCUT2D eigenvalue weighted by atomic mass is 16.3. The molecule has 0 aliphatic rings. The van der Waals surface area contributed by atoms with Crippen LogP contribution in [0.15, 0.2) is 18.2 Å². The molecule has 3 nitrogen and oxygen atoms in total. The first-order chi connectivity index (χ1) is 7.11. The van der Waals surface area contributed by atoms with Gasteiger partial charge in [0.05, 0.1) is 6.10 Å². The van der Waals surface area contributed by atoms with E-state index >= 15 is 0 Å². The molecule has 0 heterocycles. The van der Waals surface area contributed by atoms with Crippen molar-refractivity contribution in [1.82, 2.24) is 5.32 Å². The van der Waals surface area contributed by atoms with Crippen LogP contribution in [0.1, 0.15) is 24.5 Å². The number of rotatable bonds is 5. The Morgan fingerprint density at radius 3 is 2.80 bits per heavy atom. The quantitative estimate of drug-likeness (QED) is 0.645. The van der Waals surface area contributed by atoms with Gasteiger partial charge in [-0.15, -0.1) is 0 Å². The maximum atomic E-state index is 9.72. The zero-order valence-electron chi connectivity index (χ0n) is 9.33. The first-order valence-corrected chi connectivity index (χ1v) is 5.27. The second kappa shape index (κ2) is 5.73. The topological polar surface area (TPSA) is 52.5 Å². The standard InChI is InChI=1S/C12H19NO2/c1-9-4-3-5-11(12(9)15)8-13-7-6-10(2)14/h3-5,10,13-15H,6-8H2,1-2H3. The number of nitrogens with one attached hydrogen (secondary N) is 1. The Kier molecular flexibility index (Phi) is 4.59. The predicted octanol–water partition coefficient (Wildman–Crippen LogP) is 1.56. The number of hydrogen-bond donors (Lipinski definition) is 3. The van der Waals surface area contributed by atoms with Gasteiger partial charge >= 0.3 is 0 Å². The van der Waals surface area contributed by atoms with E-state index in [1.807, 2.05) is 25.1 Å². The third-order valence-corrected chi connectivity index (χ3v) is 2.38. The summed E-state index contributed by atoms with van der Waals surface area (Å²) in [5.41, 5.74) is 1.80. The van der Waals surface area contributed by atoms with Crippen molar-refractivity contribution in [2.75, 3.05) is 6.54 Å². The number of aliphatic hydroxyl groups is 1. The summed E-state index contributed by atoms with van der Waals surface area (Å²) < 4.78 is 0. The Morgan fingerprint density at radius 1 is 1.40 bits per heavy atom. The van der Waals surface area contributed by atoms with Crippen LogP contribution in [0.5, 0.6) is 5.75 Å². The summed E-state index contributed by atoms with van der Waals surface area (Å²) in [6, 6.07) is 5.72. The maximum Gasteiger partial charge on any atom is 0.122 e. The van der Waals surface area contributed by atoms with Gasteiger partial charge in [-0.25, -0.2) is 0 Å². The average Bonchev–Trinajstić information content (AvgIpc) is 2.18. The highest BCUT2D eigenvalue weighted by Crippen LogP contribution is 2.20. The molecule has 0 bridgehead atoms. The molecular formula is C12H19NO2. The predicted molar refractivity (Wildman–Crippen MR) is 60.8 cm³/mol. The minimum Gasteiger partial charge on any atom is -0.507 e. The minimum atomic E-state index is -0.274. The van der Waals surface area contributed by atoms with Crippen molar-refractivity contribution in [3.05, 3.63) is 29.3 Å². The van der Waals surface area contributed by atoms with E-state index < -0.39 is 0 Å². The van der Waals surface area contributed by atoms with Gasteiger partial charge in [0.15, 0.2) is 0 Å². The zero-order valence-corrected chi connectivity index (χ0v) is 9.33. The number of aryl methyl sites for hydroxylation is 1. The molecule has 3 heteroatoms. The summed E-state index contributed by atoms with van der Waals surface area (Å²) in [6.07, 6.45) is 0.454. The van der Waals surface area contributed by atoms with Crippen molar-refractivity contribution in [3.63, 3.8) is 0 Å². The van der Waals surface area contributed by atoms with Gasteiger partial charge in [0.2, 0.25) is 0 Å². The van der Waals surface area contributed by atoms with Gasteiger partial charge in [-0.1, -0.05) is 18.2 Å². The van der Waals surface area contributed by atoms with Crippen LogP contribution < -0.4 is 5.32 Å². The van der Waals surface area contributed by atoms with E-state index in [4.69, 9.17) is 5.11 Å². The summed E-state index contributed by atoms with van der Waals surface area (Å²) in [4.78, 5) is 0. The van der Waals surface area contributed by atoms with Gasteiger partial charge in [0.25, 0.3) is 0 Å². The van der Waals surface area contributed by atoms with E-state index in [0.29, 0.717) is 12.3 Å². The van der Waals surface area contributed by atoms with Crippen molar-refractivity contribution in [3.8, 4) is 5.75 Å². The van der Waals surface area contributed by atoms with E-state index in [0.717, 1.165) is 24.1 Å². The molecule has 1 unspecified atom stereocenters. The fourth-order valence-electron chi connectivity index (χ4n) is 1.40. The van der Waals surface area contributed by atoms with Crippen LogP contribution in [0.4, 0.5) is 0 Å². The molecule has 0 saturated carbocycles. The first kappa shape index (κ1) is 12.0. The Bertz CT molecular complexity index is 310. The van der Waals surface area contributed by atoms with Gasteiger partial charge in [-0.2, -0.15) is 0 Å². The summed E-state index contributed by atoms with van der Waals surface area (Å²) >= 11 is 0. The molecule has 84 valence electrons. The molecule has 0 saturated heterocycles. The lowest BCUT2D eigenvalue weighted by Crippen LogP contribution is -2.18. The number of para-hydroxylation sites is 1. The molecule has 0 aromatic heterocycles. The van der Waals surface area contributed by atoms with Crippen LogP contribution >= 0.6 is 0 Å². The third kappa shape index (κ3) is 3.90. The van der Waals surface area contributed by atoms with Crippen LogP contribution in [0, 0.1) is 6.92 Å². The molecule has 1 aromatic rings. The van der Waals surface area contributed by atoms with Crippen molar-refractivity contribution >= 4 is 0 Å². The molecule has 1 aromatic carbocycles. The van der Waals surface area contributed by atoms with E-state index in [-0.39, 0.29) is 6.10 Å². The van der Waals surface area contributed by atoms with Crippen molar-refractivity contribution in [1.29, 1.82) is 0 Å². The summed E-state index contributed by atoms with van der Waals surface area (Å²) in [5, 5.41) is 22.0. The van der Waals surface area contributed by atoms with E-state index in [1.54, 1.807) is 6.92 Å². The molecule has 0 amide bonds. The lowest BCUT2D eigenvalue weighted by Gasteiger charge is -2.09. The molecule has 0 aliphatic heterocycles. The highest BCUT2D eigenvalue weighted by Gasteiger charge is 2.02. The van der Waals surface area contributed by atoms with E-state index in [9.17, 15) is 5.11 Å². The largest absolute Gasteiger partial charge is 0.507 e. The first-order valence-electron chi connectivity index (χ1n) is 5.27. The van der Waals surface area contributed by atoms with Crippen LogP contribution in [-0.2, 0) is 6.54 Å². The molecule has 0 fully saturated rings. The fourth-order valence-corrected chi connectivity index (χ4v) is 1.40. The Labute approximate surface area is 90.8 Å². The van der Waals surface area contributed by atoms with Gasteiger partial charge in [0.1, 0.15) is 5.75 Å². The number of phenols is 1. The van der Waals surface area contributed by atoms with E-state index in [2.05, 4.69) is 5.32 Å². The zero-order chi connectivity index (χ0) is 11.3. The van der Waals surface area contributed by atoms with Crippen LogP contribution in [0.25, 0.3) is 0 Å². The highest BCUT2D eigenvalue weighted by molar-refractivity contribution is 5.39. The van der Waals surface area contributed by atoms with Crippen molar-refractivity contribution < 1.29 is 10.2 Å². The minimum absolute atomic E-state index is 0.274. The van der Waals surface area contributed by atoms with Crippen molar-refractivity contribution in [2.24, 2.45) is 0 Å². The molecule has 3 N–H and O–H groups in total. The lowest BCUT2D eigenvalue weighted by atomic mass is 10.1. The van der Waals surface area contributed by atoms with Gasteiger partial charge in [-0.3, -0.25) is 0 Å². The van der Waals surface area contributed by atoms with Gasteiger partial charge in [0, 0.05) is 12.1 Å². The maximum absolute atomic E-state index is 9.72. The van der Waals surface area contributed by atoms with Crippen LogP contribution in [-0.4, -0.2) is 22.9 Å². The number of hydrogen-bond acceptors (Lipinski definition) is 3. The van der Waals surface area contributed by atoms with Gasteiger partial charge < -0.3 is 15.5 Å². The van der Waals surface area contributed by atoms with Crippen molar-refractivity contribution in [2.45, 2.75) is 32.9 Å². The lowest BCUT2D eigenvalue weighted by molar-refractivity contribution is 0.183.